The first kappa shape index (κ1) is 10.8. The summed E-state index contributed by atoms with van der Waals surface area (Å²) in [6, 6.07) is 3.47. The zero-order valence-electron chi connectivity index (χ0n) is 8.62. The van der Waals surface area contributed by atoms with E-state index in [1.807, 2.05) is 0 Å². The van der Waals surface area contributed by atoms with E-state index < -0.39 is 11.6 Å². The normalized spacial score (nSPS) is 20.2. The highest BCUT2D eigenvalue weighted by Gasteiger charge is 2.28. The second-order valence-electron chi connectivity index (χ2n) is 3.80. The van der Waals surface area contributed by atoms with E-state index in [1.54, 1.807) is 6.08 Å². The Morgan fingerprint density at radius 3 is 2.69 bits per heavy atom. The van der Waals surface area contributed by atoms with Gasteiger partial charge >= 0.3 is 0 Å². The highest BCUT2D eigenvalue weighted by atomic mass is 19.2. The van der Waals surface area contributed by atoms with Crippen LogP contribution >= 0.6 is 0 Å². The fourth-order valence-electron chi connectivity index (χ4n) is 1.80. The zero-order valence-corrected chi connectivity index (χ0v) is 8.62. The SMILES string of the molecule is C=CC1CC(=O)N(c2ccc(F)c(F)c2)C1. The molecule has 0 radical (unpaired) electrons. The Bertz CT molecular complexity index is 445. The van der Waals surface area contributed by atoms with Crippen LogP contribution < -0.4 is 4.90 Å². The maximum Gasteiger partial charge on any atom is 0.227 e. The van der Waals surface area contributed by atoms with Crippen molar-refractivity contribution in [2.75, 3.05) is 11.4 Å². The molecule has 84 valence electrons. The van der Waals surface area contributed by atoms with Crippen LogP contribution in [-0.2, 0) is 4.79 Å². The van der Waals surface area contributed by atoms with Crippen molar-refractivity contribution in [1.82, 2.24) is 0 Å². The molecule has 1 unspecified atom stereocenters. The molecule has 1 heterocycles. The number of anilines is 1. The minimum absolute atomic E-state index is 0.0839. The summed E-state index contributed by atoms with van der Waals surface area (Å²) in [6.07, 6.45) is 2.08. The predicted octanol–water partition coefficient (Wildman–Crippen LogP) is 2.50. The van der Waals surface area contributed by atoms with Gasteiger partial charge < -0.3 is 4.90 Å². The first-order valence-electron chi connectivity index (χ1n) is 5.00. The van der Waals surface area contributed by atoms with Crippen molar-refractivity contribution in [1.29, 1.82) is 0 Å². The highest BCUT2D eigenvalue weighted by Crippen LogP contribution is 2.26. The molecule has 1 aliphatic rings. The Morgan fingerprint density at radius 2 is 2.12 bits per heavy atom. The van der Waals surface area contributed by atoms with E-state index in [9.17, 15) is 13.6 Å². The van der Waals surface area contributed by atoms with Gasteiger partial charge in [-0.25, -0.2) is 8.78 Å². The van der Waals surface area contributed by atoms with Crippen LogP contribution in [0.3, 0.4) is 0 Å². The second-order valence-corrected chi connectivity index (χ2v) is 3.80. The van der Waals surface area contributed by atoms with Gasteiger partial charge in [-0.3, -0.25) is 4.79 Å². The maximum atomic E-state index is 13.0. The zero-order chi connectivity index (χ0) is 11.7. The molecule has 0 spiro atoms. The van der Waals surface area contributed by atoms with Gasteiger partial charge in [-0.2, -0.15) is 0 Å². The van der Waals surface area contributed by atoms with Gasteiger partial charge in [-0.1, -0.05) is 6.08 Å². The van der Waals surface area contributed by atoms with Gasteiger partial charge in [0.25, 0.3) is 0 Å². The second kappa shape index (κ2) is 4.04. The Balaban J connectivity index is 2.27. The molecule has 1 fully saturated rings. The van der Waals surface area contributed by atoms with Gasteiger partial charge in [0.2, 0.25) is 5.91 Å². The first-order valence-corrected chi connectivity index (χ1v) is 5.00. The molecule has 0 saturated carbocycles. The van der Waals surface area contributed by atoms with Crippen LogP contribution in [0.2, 0.25) is 0 Å². The van der Waals surface area contributed by atoms with Gasteiger partial charge in [0.15, 0.2) is 11.6 Å². The van der Waals surface area contributed by atoms with E-state index in [0.29, 0.717) is 18.7 Å². The van der Waals surface area contributed by atoms with Crippen molar-refractivity contribution < 1.29 is 13.6 Å². The molecule has 16 heavy (non-hydrogen) atoms. The third-order valence-corrected chi connectivity index (χ3v) is 2.70. The van der Waals surface area contributed by atoms with Crippen LogP contribution in [0.4, 0.5) is 14.5 Å². The van der Waals surface area contributed by atoms with Crippen LogP contribution in [0.1, 0.15) is 6.42 Å². The largest absolute Gasteiger partial charge is 0.312 e. The van der Waals surface area contributed by atoms with Gasteiger partial charge in [0.05, 0.1) is 0 Å². The summed E-state index contributed by atoms with van der Waals surface area (Å²) < 4.78 is 25.7. The summed E-state index contributed by atoms with van der Waals surface area (Å²) in [5, 5.41) is 0. The van der Waals surface area contributed by atoms with Crippen LogP contribution in [0.25, 0.3) is 0 Å². The fraction of sp³-hybridized carbons (Fsp3) is 0.250. The van der Waals surface area contributed by atoms with Gasteiger partial charge in [-0.05, 0) is 12.1 Å². The Morgan fingerprint density at radius 1 is 1.38 bits per heavy atom. The Labute approximate surface area is 92.2 Å². The fourth-order valence-corrected chi connectivity index (χ4v) is 1.80. The lowest BCUT2D eigenvalue weighted by Crippen LogP contribution is -2.24. The average molecular weight is 223 g/mol. The minimum atomic E-state index is -0.938. The monoisotopic (exact) mass is 223 g/mol. The molecule has 0 bridgehead atoms. The Kier molecular flexibility index (Phi) is 2.73. The molecule has 1 aliphatic heterocycles. The average Bonchev–Trinajstić information content (AvgIpc) is 2.64. The molecule has 1 atom stereocenters. The standard InChI is InChI=1S/C12H11F2NO/c1-2-8-5-12(16)15(7-8)9-3-4-10(13)11(14)6-9/h2-4,6,8H,1,5,7H2. The molecule has 2 nitrogen and oxygen atoms in total. The minimum Gasteiger partial charge on any atom is -0.312 e. The van der Waals surface area contributed by atoms with Crippen molar-refractivity contribution in [3.63, 3.8) is 0 Å². The van der Waals surface area contributed by atoms with Crippen molar-refractivity contribution in [2.45, 2.75) is 6.42 Å². The van der Waals surface area contributed by atoms with E-state index in [1.165, 1.54) is 11.0 Å². The molecule has 4 heteroatoms. The van der Waals surface area contributed by atoms with Crippen molar-refractivity contribution >= 4 is 11.6 Å². The maximum absolute atomic E-state index is 13.0. The summed E-state index contributed by atoms with van der Waals surface area (Å²) in [4.78, 5) is 13.1. The van der Waals surface area contributed by atoms with Crippen molar-refractivity contribution in [2.24, 2.45) is 5.92 Å². The van der Waals surface area contributed by atoms with Gasteiger partial charge in [0.1, 0.15) is 0 Å². The molecule has 0 aromatic heterocycles. The lowest BCUT2D eigenvalue weighted by Gasteiger charge is -2.16. The number of amides is 1. The highest BCUT2D eigenvalue weighted by molar-refractivity contribution is 5.95. The number of halogens is 2. The molecule has 1 aromatic rings. The quantitative estimate of drug-likeness (QED) is 0.705. The molecule has 0 N–H and O–H groups in total. The number of benzene rings is 1. The molecule has 1 amide bonds. The lowest BCUT2D eigenvalue weighted by molar-refractivity contribution is -0.117. The number of rotatable bonds is 2. The topological polar surface area (TPSA) is 20.3 Å². The summed E-state index contributed by atoms with van der Waals surface area (Å²) in [7, 11) is 0. The smallest absolute Gasteiger partial charge is 0.227 e. The lowest BCUT2D eigenvalue weighted by atomic mass is 10.1. The molecular weight excluding hydrogens is 212 g/mol. The molecule has 0 aliphatic carbocycles. The van der Waals surface area contributed by atoms with Crippen LogP contribution in [0.15, 0.2) is 30.9 Å². The number of nitrogens with zero attached hydrogens (tertiary/aromatic N) is 1. The third kappa shape index (κ3) is 1.83. The van der Waals surface area contributed by atoms with Crippen molar-refractivity contribution in [3.8, 4) is 0 Å². The predicted molar refractivity (Wildman–Crippen MR) is 57.0 cm³/mol. The van der Waals surface area contributed by atoms with Gasteiger partial charge in [-0.15, -0.1) is 6.58 Å². The number of hydrogen-bond acceptors (Lipinski definition) is 1. The van der Waals surface area contributed by atoms with Crippen LogP contribution in [0.5, 0.6) is 0 Å². The summed E-state index contributed by atoms with van der Waals surface area (Å²) in [5.74, 6) is -1.85. The number of carbonyl (C=O) groups is 1. The number of hydrogen-bond donors (Lipinski definition) is 0. The van der Waals surface area contributed by atoms with Crippen LogP contribution in [0, 0.1) is 17.6 Å². The van der Waals surface area contributed by atoms with E-state index >= 15 is 0 Å². The molecular formula is C12H11F2NO. The van der Waals surface area contributed by atoms with E-state index in [0.717, 1.165) is 12.1 Å². The third-order valence-electron chi connectivity index (χ3n) is 2.70. The summed E-state index contributed by atoms with van der Waals surface area (Å²) in [6.45, 7) is 4.10. The Hall–Kier alpha value is -1.71. The van der Waals surface area contributed by atoms with Crippen molar-refractivity contribution in [3.05, 3.63) is 42.5 Å². The first-order chi connectivity index (χ1) is 7.61. The number of carbonyl (C=O) groups excluding carboxylic acids is 1. The van der Waals surface area contributed by atoms with Crippen LogP contribution in [-0.4, -0.2) is 12.5 Å². The summed E-state index contributed by atoms with van der Waals surface area (Å²) in [5.41, 5.74) is 0.397. The molecule has 2 rings (SSSR count). The molecule has 1 aromatic carbocycles. The van der Waals surface area contributed by atoms with E-state index in [-0.39, 0.29) is 11.8 Å². The molecule has 1 saturated heterocycles. The van der Waals surface area contributed by atoms with Gasteiger partial charge in [0, 0.05) is 30.6 Å². The van der Waals surface area contributed by atoms with E-state index in [2.05, 4.69) is 6.58 Å². The summed E-state index contributed by atoms with van der Waals surface area (Å²) >= 11 is 0. The van der Waals surface area contributed by atoms with E-state index in [4.69, 9.17) is 0 Å².